The van der Waals surface area contributed by atoms with Gasteiger partial charge in [-0.05, 0) is 45.2 Å². The van der Waals surface area contributed by atoms with Crippen LogP contribution in [-0.4, -0.2) is 72.5 Å². The second kappa shape index (κ2) is 7.59. The standard InChI is InChI=1S/C17H31N3O/c21-17(15-18-9-4-5-10-18)20-12-6-11-19(13-14-20)16-7-2-1-3-8-16/h16H,1-15H2. The maximum atomic E-state index is 12.5. The fraction of sp³-hybridized carbons (Fsp3) is 0.941. The normalized spacial score (nSPS) is 27.0. The van der Waals surface area contributed by atoms with Crippen LogP contribution in [0.5, 0.6) is 0 Å². The fourth-order valence-corrected chi connectivity index (χ4v) is 4.23. The van der Waals surface area contributed by atoms with E-state index in [1.54, 1.807) is 0 Å². The molecule has 1 amide bonds. The number of rotatable bonds is 3. The van der Waals surface area contributed by atoms with E-state index in [-0.39, 0.29) is 0 Å². The first kappa shape index (κ1) is 15.3. The lowest BCUT2D eigenvalue weighted by atomic mass is 9.94. The first-order chi connectivity index (χ1) is 10.3. The van der Waals surface area contributed by atoms with Crippen molar-refractivity contribution in [1.82, 2.24) is 14.7 Å². The molecule has 2 saturated heterocycles. The average molecular weight is 293 g/mol. The van der Waals surface area contributed by atoms with Gasteiger partial charge in [0.1, 0.15) is 0 Å². The van der Waals surface area contributed by atoms with E-state index >= 15 is 0 Å². The quantitative estimate of drug-likeness (QED) is 0.796. The first-order valence-electron chi connectivity index (χ1n) is 9.07. The van der Waals surface area contributed by atoms with Crippen molar-refractivity contribution in [1.29, 1.82) is 0 Å². The predicted molar refractivity (Wildman–Crippen MR) is 85.3 cm³/mol. The minimum absolute atomic E-state index is 0.363. The van der Waals surface area contributed by atoms with Crippen molar-refractivity contribution in [3.63, 3.8) is 0 Å². The molecule has 0 aromatic rings. The Hall–Kier alpha value is -0.610. The van der Waals surface area contributed by atoms with Crippen molar-refractivity contribution < 1.29 is 4.79 Å². The topological polar surface area (TPSA) is 26.8 Å². The number of nitrogens with zero attached hydrogens (tertiary/aromatic N) is 3. The summed E-state index contributed by atoms with van der Waals surface area (Å²) in [6, 6.07) is 0.799. The second-order valence-electron chi connectivity index (χ2n) is 7.05. The van der Waals surface area contributed by atoms with Crippen LogP contribution < -0.4 is 0 Å². The van der Waals surface area contributed by atoms with Crippen LogP contribution in [0.2, 0.25) is 0 Å². The summed E-state index contributed by atoms with van der Waals surface area (Å²) in [5.74, 6) is 0.363. The third-order valence-electron chi connectivity index (χ3n) is 5.53. The van der Waals surface area contributed by atoms with Crippen LogP contribution in [0, 0.1) is 0 Å². The Balaban J connectivity index is 1.46. The molecular weight excluding hydrogens is 262 g/mol. The smallest absolute Gasteiger partial charge is 0.236 e. The summed E-state index contributed by atoms with van der Waals surface area (Å²) in [6.45, 7) is 7.10. The van der Waals surface area contributed by atoms with Gasteiger partial charge in [-0.3, -0.25) is 14.6 Å². The van der Waals surface area contributed by atoms with Crippen LogP contribution in [-0.2, 0) is 4.79 Å². The molecule has 0 aromatic heterocycles. The first-order valence-corrected chi connectivity index (χ1v) is 9.07. The molecule has 0 radical (unpaired) electrons. The van der Waals surface area contributed by atoms with Gasteiger partial charge in [-0.1, -0.05) is 19.3 Å². The SMILES string of the molecule is O=C(CN1CCCC1)N1CCCN(C2CCCCC2)CC1. The van der Waals surface area contributed by atoms with E-state index in [2.05, 4.69) is 14.7 Å². The number of carbonyl (C=O) groups excluding carboxylic acids is 1. The molecule has 0 N–H and O–H groups in total. The highest BCUT2D eigenvalue weighted by Gasteiger charge is 2.26. The zero-order chi connectivity index (χ0) is 14.5. The van der Waals surface area contributed by atoms with Crippen molar-refractivity contribution in [2.45, 2.75) is 57.4 Å². The third kappa shape index (κ3) is 4.19. The lowest BCUT2D eigenvalue weighted by Gasteiger charge is -2.33. The van der Waals surface area contributed by atoms with E-state index in [1.807, 2.05) is 0 Å². The summed E-state index contributed by atoms with van der Waals surface area (Å²) < 4.78 is 0. The molecule has 21 heavy (non-hydrogen) atoms. The second-order valence-corrected chi connectivity index (χ2v) is 7.05. The summed E-state index contributed by atoms with van der Waals surface area (Å²) in [5, 5.41) is 0. The molecule has 0 bridgehead atoms. The van der Waals surface area contributed by atoms with Crippen LogP contribution in [0.3, 0.4) is 0 Å². The molecule has 2 heterocycles. The molecule has 4 heteroatoms. The van der Waals surface area contributed by atoms with E-state index in [9.17, 15) is 4.79 Å². The van der Waals surface area contributed by atoms with E-state index in [1.165, 1.54) is 51.5 Å². The van der Waals surface area contributed by atoms with Crippen LogP contribution in [0.25, 0.3) is 0 Å². The Morgan fingerprint density at radius 2 is 1.52 bits per heavy atom. The van der Waals surface area contributed by atoms with Crippen LogP contribution in [0.1, 0.15) is 51.4 Å². The van der Waals surface area contributed by atoms with E-state index in [0.717, 1.165) is 45.2 Å². The molecule has 2 aliphatic heterocycles. The van der Waals surface area contributed by atoms with Crippen LogP contribution >= 0.6 is 0 Å². The van der Waals surface area contributed by atoms with Gasteiger partial charge in [0.25, 0.3) is 0 Å². The Morgan fingerprint density at radius 1 is 0.762 bits per heavy atom. The summed E-state index contributed by atoms with van der Waals surface area (Å²) in [5.41, 5.74) is 0. The Labute approximate surface area is 129 Å². The third-order valence-corrected chi connectivity index (χ3v) is 5.53. The summed E-state index contributed by atoms with van der Waals surface area (Å²) in [7, 11) is 0. The van der Waals surface area contributed by atoms with Gasteiger partial charge in [0.2, 0.25) is 5.91 Å². The molecule has 0 aromatic carbocycles. The summed E-state index contributed by atoms with van der Waals surface area (Å²) >= 11 is 0. The molecule has 0 spiro atoms. The molecule has 0 unspecified atom stereocenters. The molecule has 3 aliphatic rings. The Morgan fingerprint density at radius 3 is 2.29 bits per heavy atom. The molecule has 120 valence electrons. The van der Waals surface area contributed by atoms with Gasteiger partial charge in [0.05, 0.1) is 6.54 Å². The van der Waals surface area contributed by atoms with Crippen molar-refractivity contribution in [3.05, 3.63) is 0 Å². The van der Waals surface area contributed by atoms with E-state index in [0.29, 0.717) is 12.5 Å². The highest BCUT2D eigenvalue weighted by Crippen LogP contribution is 2.23. The lowest BCUT2D eigenvalue weighted by Crippen LogP contribution is -2.43. The summed E-state index contributed by atoms with van der Waals surface area (Å²) in [6.07, 6.45) is 10.7. The highest BCUT2D eigenvalue weighted by molar-refractivity contribution is 5.78. The van der Waals surface area contributed by atoms with Gasteiger partial charge < -0.3 is 4.90 Å². The largest absolute Gasteiger partial charge is 0.340 e. The van der Waals surface area contributed by atoms with Gasteiger partial charge in [-0.15, -0.1) is 0 Å². The number of amides is 1. The van der Waals surface area contributed by atoms with Gasteiger partial charge in [0.15, 0.2) is 0 Å². The molecule has 1 aliphatic carbocycles. The molecule has 1 saturated carbocycles. The molecular formula is C17H31N3O. The van der Waals surface area contributed by atoms with E-state index in [4.69, 9.17) is 0 Å². The van der Waals surface area contributed by atoms with Crippen LogP contribution in [0.4, 0.5) is 0 Å². The van der Waals surface area contributed by atoms with E-state index < -0.39 is 0 Å². The molecule has 0 atom stereocenters. The van der Waals surface area contributed by atoms with Crippen molar-refractivity contribution in [3.8, 4) is 0 Å². The minimum atomic E-state index is 0.363. The highest BCUT2D eigenvalue weighted by atomic mass is 16.2. The number of hydrogen-bond donors (Lipinski definition) is 0. The monoisotopic (exact) mass is 293 g/mol. The maximum absolute atomic E-state index is 12.5. The van der Waals surface area contributed by atoms with Gasteiger partial charge in [-0.2, -0.15) is 0 Å². The average Bonchev–Trinajstić information content (AvgIpc) is 2.89. The zero-order valence-electron chi connectivity index (χ0n) is 13.4. The lowest BCUT2D eigenvalue weighted by molar-refractivity contribution is -0.132. The number of carbonyl (C=O) groups is 1. The van der Waals surface area contributed by atoms with Gasteiger partial charge >= 0.3 is 0 Å². The fourth-order valence-electron chi connectivity index (χ4n) is 4.23. The Kier molecular flexibility index (Phi) is 5.53. The van der Waals surface area contributed by atoms with Crippen molar-refractivity contribution >= 4 is 5.91 Å². The number of likely N-dealkylation sites (tertiary alicyclic amines) is 1. The molecule has 3 rings (SSSR count). The molecule has 4 nitrogen and oxygen atoms in total. The van der Waals surface area contributed by atoms with Crippen molar-refractivity contribution in [2.24, 2.45) is 0 Å². The van der Waals surface area contributed by atoms with Gasteiger partial charge in [0, 0.05) is 32.2 Å². The zero-order valence-corrected chi connectivity index (χ0v) is 13.4. The Bertz CT molecular complexity index is 335. The molecule has 3 fully saturated rings. The van der Waals surface area contributed by atoms with Gasteiger partial charge in [-0.25, -0.2) is 0 Å². The maximum Gasteiger partial charge on any atom is 0.236 e. The minimum Gasteiger partial charge on any atom is -0.340 e. The van der Waals surface area contributed by atoms with Crippen LogP contribution in [0.15, 0.2) is 0 Å². The number of hydrogen-bond acceptors (Lipinski definition) is 3. The summed E-state index contributed by atoms with van der Waals surface area (Å²) in [4.78, 5) is 19.6. The van der Waals surface area contributed by atoms with Crippen molar-refractivity contribution in [2.75, 3.05) is 45.8 Å². The predicted octanol–water partition coefficient (Wildman–Crippen LogP) is 1.95.